The number of hydrogen-bond acceptors (Lipinski definition) is 2. The number of pyridine rings is 1. The Balaban J connectivity index is 2.10. The predicted octanol–water partition coefficient (Wildman–Crippen LogP) is 2.23. The second-order valence-electron chi connectivity index (χ2n) is 3.90. The number of H-pyrrole nitrogens is 1. The van der Waals surface area contributed by atoms with Gasteiger partial charge >= 0.3 is 0 Å². The summed E-state index contributed by atoms with van der Waals surface area (Å²) in [5.74, 6) is 0.588. The van der Waals surface area contributed by atoms with Gasteiger partial charge in [0.2, 0.25) is 0 Å². The molecule has 0 atom stereocenters. The first-order valence-corrected chi connectivity index (χ1v) is 5.63. The molecule has 0 unspecified atom stereocenters. The van der Waals surface area contributed by atoms with Crippen molar-refractivity contribution in [3.8, 4) is 17.1 Å². The molecule has 0 spiro atoms. The average molecular weight is 237 g/mol. The number of hydrogen-bond donors (Lipinski definition) is 1. The zero-order chi connectivity index (χ0) is 12.4. The fraction of sp³-hybridized carbons (Fsp3) is 0. The molecule has 0 radical (unpaired) electrons. The normalized spacial score (nSPS) is 10.4. The minimum Gasteiger partial charge on any atom is -0.289 e. The summed E-state index contributed by atoms with van der Waals surface area (Å²) in [5, 5.41) is 3.06. The average Bonchev–Trinajstić information content (AvgIpc) is 2.83. The van der Waals surface area contributed by atoms with Crippen LogP contribution in [0.15, 0.2) is 65.6 Å². The molecule has 3 rings (SSSR count). The van der Waals surface area contributed by atoms with E-state index in [1.807, 2.05) is 42.5 Å². The van der Waals surface area contributed by atoms with Crippen molar-refractivity contribution in [1.29, 1.82) is 0 Å². The van der Waals surface area contributed by atoms with Crippen LogP contribution in [0.4, 0.5) is 0 Å². The summed E-state index contributed by atoms with van der Waals surface area (Å²) >= 11 is 0. The highest BCUT2D eigenvalue weighted by molar-refractivity contribution is 5.58. The van der Waals surface area contributed by atoms with Crippen LogP contribution < -0.4 is 5.56 Å². The monoisotopic (exact) mass is 237 g/mol. The first kappa shape index (κ1) is 10.5. The summed E-state index contributed by atoms with van der Waals surface area (Å²) in [4.78, 5) is 16.1. The van der Waals surface area contributed by atoms with E-state index in [0.717, 1.165) is 11.3 Å². The molecule has 4 nitrogen and oxygen atoms in total. The summed E-state index contributed by atoms with van der Waals surface area (Å²) in [7, 11) is 0. The largest absolute Gasteiger partial charge is 0.289 e. The van der Waals surface area contributed by atoms with Crippen molar-refractivity contribution in [3.63, 3.8) is 0 Å². The Morgan fingerprint density at radius 2 is 1.78 bits per heavy atom. The molecule has 0 aliphatic carbocycles. The molecule has 0 saturated carbocycles. The third kappa shape index (κ3) is 1.84. The fourth-order valence-electron chi connectivity index (χ4n) is 1.82. The lowest BCUT2D eigenvalue weighted by molar-refractivity contribution is 0.822. The molecule has 0 amide bonds. The van der Waals surface area contributed by atoms with Crippen LogP contribution in [0.25, 0.3) is 17.1 Å². The summed E-state index contributed by atoms with van der Waals surface area (Å²) in [5.41, 5.74) is 1.64. The van der Waals surface area contributed by atoms with Crippen molar-refractivity contribution < 1.29 is 0 Å². The number of nitrogens with zero attached hydrogens (tertiary/aromatic N) is 2. The molecular formula is C14H11N3O. The smallest absolute Gasteiger partial charge is 0.273 e. The summed E-state index contributed by atoms with van der Waals surface area (Å²) < 4.78 is 1.43. The van der Waals surface area contributed by atoms with Crippen molar-refractivity contribution in [1.82, 2.24) is 14.8 Å². The van der Waals surface area contributed by atoms with Crippen LogP contribution in [0, 0.1) is 0 Å². The van der Waals surface area contributed by atoms with Gasteiger partial charge in [-0.3, -0.25) is 9.89 Å². The lowest BCUT2D eigenvalue weighted by Crippen LogP contribution is -2.14. The standard InChI is InChI=1S/C14H11N3O/c18-14-10-12(11-6-2-1-3-7-11)16-17(14)13-8-4-5-9-15-13/h1-10,16H. The number of aromatic nitrogens is 3. The van der Waals surface area contributed by atoms with Gasteiger partial charge in [0.05, 0.1) is 5.69 Å². The van der Waals surface area contributed by atoms with Gasteiger partial charge in [-0.25, -0.2) is 9.67 Å². The molecule has 2 heterocycles. The minimum absolute atomic E-state index is 0.118. The van der Waals surface area contributed by atoms with Gasteiger partial charge in [-0.2, -0.15) is 0 Å². The van der Waals surface area contributed by atoms with Gasteiger partial charge in [-0.1, -0.05) is 36.4 Å². The quantitative estimate of drug-likeness (QED) is 0.743. The fourth-order valence-corrected chi connectivity index (χ4v) is 1.82. The maximum atomic E-state index is 11.9. The van der Waals surface area contributed by atoms with Crippen LogP contribution in [0.1, 0.15) is 0 Å². The highest BCUT2D eigenvalue weighted by Gasteiger charge is 2.06. The van der Waals surface area contributed by atoms with Crippen molar-refractivity contribution in [3.05, 3.63) is 71.1 Å². The summed E-state index contributed by atoms with van der Waals surface area (Å²) in [6.07, 6.45) is 1.66. The maximum Gasteiger partial charge on any atom is 0.273 e. The van der Waals surface area contributed by atoms with E-state index in [-0.39, 0.29) is 5.56 Å². The Morgan fingerprint density at radius 1 is 1.00 bits per heavy atom. The number of nitrogens with one attached hydrogen (secondary N) is 1. The van der Waals surface area contributed by atoms with E-state index in [1.165, 1.54) is 4.68 Å². The number of benzene rings is 1. The summed E-state index contributed by atoms with van der Waals surface area (Å²) in [6.45, 7) is 0. The van der Waals surface area contributed by atoms with E-state index < -0.39 is 0 Å². The van der Waals surface area contributed by atoms with E-state index in [9.17, 15) is 4.79 Å². The molecule has 3 aromatic rings. The van der Waals surface area contributed by atoms with Crippen molar-refractivity contribution in [2.45, 2.75) is 0 Å². The van der Waals surface area contributed by atoms with Gasteiger partial charge in [0.1, 0.15) is 0 Å². The lowest BCUT2D eigenvalue weighted by Gasteiger charge is -2.00. The van der Waals surface area contributed by atoms with E-state index in [4.69, 9.17) is 0 Å². The zero-order valence-electron chi connectivity index (χ0n) is 9.58. The second-order valence-corrected chi connectivity index (χ2v) is 3.90. The molecule has 2 aromatic heterocycles. The number of rotatable bonds is 2. The third-order valence-corrected chi connectivity index (χ3v) is 2.68. The van der Waals surface area contributed by atoms with Gasteiger partial charge in [0.15, 0.2) is 5.82 Å². The molecule has 18 heavy (non-hydrogen) atoms. The van der Waals surface area contributed by atoms with Crippen molar-refractivity contribution in [2.24, 2.45) is 0 Å². The zero-order valence-corrected chi connectivity index (χ0v) is 9.58. The Kier molecular flexibility index (Phi) is 2.53. The van der Waals surface area contributed by atoms with Crippen LogP contribution in [0.2, 0.25) is 0 Å². The van der Waals surface area contributed by atoms with Crippen LogP contribution in [-0.4, -0.2) is 14.8 Å². The molecule has 0 bridgehead atoms. The van der Waals surface area contributed by atoms with E-state index in [0.29, 0.717) is 5.82 Å². The van der Waals surface area contributed by atoms with Gasteiger partial charge in [-0.05, 0) is 17.7 Å². The van der Waals surface area contributed by atoms with E-state index >= 15 is 0 Å². The van der Waals surface area contributed by atoms with Crippen LogP contribution >= 0.6 is 0 Å². The third-order valence-electron chi connectivity index (χ3n) is 2.68. The maximum absolute atomic E-state index is 11.9. The topological polar surface area (TPSA) is 50.7 Å². The van der Waals surface area contributed by atoms with Gasteiger partial charge in [0.25, 0.3) is 5.56 Å². The Hall–Kier alpha value is -2.62. The van der Waals surface area contributed by atoms with Crippen LogP contribution in [0.5, 0.6) is 0 Å². The highest BCUT2D eigenvalue weighted by atomic mass is 16.1. The molecule has 1 N–H and O–H groups in total. The van der Waals surface area contributed by atoms with Gasteiger partial charge in [-0.15, -0.1) is 0 Å². The first-order valence-electron chi connectivity index (χ1n) is 5.63. The molecule has 4 heteroatoms. The van der Waals surface area contributed by atoms with Gasteiger partial charge in [0, 0.05) is 12.3 Å². The molecule has 0 aliphatic rings. The van der Waals surface area contributed by atoms with E-state index in [2.05, 4.69) is 10.1 Å². The van der Waals surface area contributed by atoms with Crippen LogP contribution in [0.3, 0.4) is 0 Å². The molecule has 1 aromatic carbocycles. The Bertz CT molecular complexity index is 699. The SMILES string of the molecule is O=c1cc(-c2ccccc2)[nH]n1-c1ccccn1. The van der Waals surface area contributed by atoms with Crippen molar-refractivity contribution >= 4 is 0 Å². The minimum atomic E-state index is -0.118. The molecule has 0 fully saturated rings. The van der Waals surface area contributed by atoms with E-state index in [1.54, 1.807) is 18.3 Å². The molecular weight excluding hydrogens is 226 g/mol. The molecule has 0 saturated heterocycles. The Morgan fingerprint density at radius 3 is 2.50 bits per heavy atom. The lowest BCUT2D eigenvalue weighted by atomic mass is 10.2. The summed E-state index contributed by atoms with van der Waals surface area (Å²) in [6, 6.07) is 16.7. The second kappa shape index (κ2) is 4.33. The first-order chi connectivity index (χ1) is 8.84. The van der Waals surface area contributed by atoms with Gasteiger partial charge < -0.3 is 0 Å². The van der Waals surface area contributed by atoms with Crippen LogP contribution in [-0.2, 0) is 0 Å². The highest BCUT2D eigenvalue weighted by Crippen LogP contribution is 2.14. The Labute approximate surface area is 104 Å². The predicted molar refractivity (Wildman–Crippen MR) is 69.6 cm³/mol. The molecule has 0 aliphatic heterocycles. The molecule has 88 valence electrons. The number of aromatic amines is 1. The van der Waals surface area contributed by atoms with Crippen molar-refractivity contribution in [2.75, 3.05) is 0 Å².